The van der Waals surface area contributed by atoms with Crippen molar-refractivity contribution in [1.82, 2.24) is 14.3 Å². The summed E-state index contributed by atoms with van der Waals surface area (Å²) in [5.74, 6) is 1.20. The summed E-state index contributed by atoms with van der Waals surface area (Å²) in [4.78, 5) is 27.5. The van der Waals surface area contributed by atoms with Crippen LogP contribution in [0.5, 0.6) is 11.5 Å². The quantitative estimate of drug-likeness (QED) is 0.192. The van der Waals surface area contributed by atoms with Crippen LogP contribution >= 0.6 is 0 Å². The number of unbranched alkanes of at least 4 members (excludes halogenated alkanes) is 1. The summed E-state index contributed by atoms with van der Waals surface area (Å²) >= 11 is 0. The lowest BCUT2D eigenvalue weighted by Crippen LogP contribution is -2.29. The molecule has 9 heteroatoms. The number of carbonyl (C=O) groups excluding carboxylic acids is 1. The molecule has 2 aromatic carbocycles. The predicted molar refractivity (Wildman–Crippen MR) is 172 cm³/mol. The fraction of sp³-hybridized carbons (Fsp3) is 0.382. The van der Waals surface area contributed by atoms with Crippen LogP contribution in [0.1, 0.15) is 65.5 Å². The molecular weight excluding hydrogens is 542 g/mol. The number of anilines is 2. The van der Waals surface area contributed by atoms with Crippen LogP contribution in [0.2, 0.25) is 0 Å². The van der Waals surface area contributed by atoms with Crippen LogP contribution in [0.15, 0.2) is 71.9 Å². The van der Waals surface area contributed by atoms with Crippen molar-refractivity contribution < 1.29 is 14.3 Å². The van der Waals surface area contributed by atoms with Gasteiger partial charge in [-0.25, -0.2) is 4.79 Å². The summed E-state index contributed by atoms with van der Waals surface area (Å²) in [5.41, 5.74) is 3.48. The summed E-state index contributed by atoms with van der Waals surface area (Å²) in [6, 6.07) is 14.7. The van der Waals surface area contributed by atoms with E-state index in [1.807, 2.05) is 73.3 Å². The molecule has 0 bridgehead atoms. The number of aryl methyl sites for hydroxylation is 1. The molecule has 0 radical (unpaired) electrons. The molecule has 2 N–H and O–H groups in total. The minimum atomic E-state index is -0.512. The lowest BCUT2D eigenvalue weighted by atomic mass is 9.85. The number of aromatic nitrogens is 3. The normalized spacial score (nSPS) is 11.4. The highest BCUT2D eigenvalue weighted by Gasteiger charge is 2.22. The Morgan fingerprint density at radius 2 is 1.81 bits per heavy atom. The first-order valence-electron chi connectivity index (χ1n) is 14.8. The van der Waals surface area contributed by atoms with E-state index in [4.69, 9.17) is 9.47 Å². The van der Waals surface area contributed by atoms with E-state index in [1.165, 1.54) is 0 Å². The number of methoxy groups -OCH3 is 1. The van der Waals surface area contributed by atoms with Crippen molar-refractivity contribution in [2.24, 2.45) is 0 Å². The van der Waals surface area contributed by atoms with Crippen molar-refractivity contribution in [3.8, 4) is 22.6 Å². The molecule has 9 nitrogen and oxygen atoms in total. The Morgan fingerprint density at radius 1 is 1.02 bits per heavy atom. The molecule has 0 spiro atoms. The van der Waals surface area contributed by atoms with E-state index in [9.17, 15) is 9.59 Å². The molecule has 43 heavy (non-hydrogen) atoms. The maximum absolute atomic E-state index is 13.8. The van der Waals surface area contributed by atoms with Crippen LogP contribution in [0.4, 0.5) is 16.2 Å². The zero-order valence-corrected chi connectivity index (χ0v) is 26.2. The van der Waals surface area contributed by atoms with Gasteiger partial charge in [0.15, 0.2) is 0 Å². The Labute approximate surface area is 253 Å². The fourth-order valence-corrected chi connectivity index (χ4v) is 4.92. The molecule has 0 aliphatic rings. The van der Waals surface area contributed by atoms with E-state index >= 15 is 0 Å². The average molecular weight is 586 g/mol. The highest BCUT2D eigenvalue weighted by molar-refractivity contribution is 6.03. The summed E-state index contributed by atoms with van der Waals surface area (Å²) in [7, 11) is 1.59. The number of hydrogen-bond donors (Lipinski definition) is 2. The van der Waals surface area contributed by atoms with Gasteiger partial charge in [-0.2, -0.15) is 5.10 Å². The third kappa shape index (κ3) is 7.85. The van der Waals surface area contributed by atoms with E-state index in [0.717, 1.165) is 24.0 Å². The van der Waals surface area contributed by atoms with Crippen LogP contribution in [-0.4, -0.2) is 33.6 Å². The van der Waals surface area contributed by atoms with E-state index in [-0.39, 0.29) is 22.8 Å². The Hall–Kier alpha value is -4.53. The molecule has 4 aromatic rings. The van der Waals surface area contributed by atoms with Crippen LogP contribution in [0.25, 0.3) is 11.1 Å². The summed E-state index contributed by atoms with van der Waals surface area (Å²) in [6.45, 7) is 13.4. The largest absolute Gasteiger partial charge is 0.497 e. The number of ether oxygens (including phenoxy) is 2. The van der Waals surface area contributed by atoms with Crippen molar-refractivity contribution in [1.29, 1.82) is 0 Å². The van der Waals surface area contributed by atoms with Gasteiger partial charge in [0.2, 0.25) is 0 Å². The van der Waals surface area contributed by atoms with Gasteiger partial charge >= 0.3 is 6.03 Å². The Morgan fingerprint density at radius 3 is 2.47 bits per heavy atom. The second kappa shape index (κ2) is 13.6. The van der Waals surface area contributed by atoms with Gasteiger partial charge in [-0.15, -0.1) is 0 Å². The molecule has 228 valence electrons. The number of hydrogen-bond acceptors (Lipinski definition) is 5. The van der Waals surface area contributed by atoms with Gasteiger partial charge in [-0.3, -0.25) is 9.48 Å². The molecule has 2 aromatic heterocycles. The Kier molecular flexibility index (Phi) is 9.95. The van der Waals surface area contributed by atoms with Crippen molar-refractivity contribution >= 4 is 17.4 Å². The van der Waals surface area contributed by atoms with E-state index < -0.39 is 6.03 Å². The van der Waals surface area contributed by atoms with E-state index in [1.54, 1.807) is 24.1 Å². The van der Waals surface area contributed by atoms with Crippen LogP contribution in [-0.2, 0) is 18.5 Å². The number of amides is 2. The molecule has 0 saturated heterocycles. The predicted octanol–water partition coefficient (Wildman–Crippen LogP) is 7.30. The average Bonchev–Trinajstić information content (AvgIpc) is 3.46. The summed E-state index contributed by atoms with van der Waals surface area (Å²) < 4.78 is 15.1. The van der Waals surface area contributed by atoms with Gasteiger partial charge in [0.05, 0.1) is 19.8 Å². The second-order valence-electron chi connectivity index (χ2n) is 11.9. The van der Waals surface area contributed by atoms with Crippen molar-refractivity contribution in [3.63, 3.8) is 0 Å². The number of nitrogens with one attached hydrogen (secondary N) is 2. The smallest absolute Gasteiger partial charge is 0.323 e. The van der Waals surface area contributed by atoms with Crippen LogP contribution < -0.4 is 25.7 Å². The molecule has 0 fully saturated rings. The molecule has 4 rings (SSSR count). The molecule has 2 amide bonds. The Bertz CT molecular complexity index is 1600. The molecule has 0 saturated carbocycles. The molecule has 0 unspecified atom stereocenters. The highest BCUT2D eigenvalue weighted by atomic mass is 16.5. The molecular formula is C34H43N5O4. The topological polar surface area (TPSA) is 99.4 Å². The standard InChI is InChI=1S/C34H43N5O4/c1-8-9-17-38-19-15-26(27-21-25(42-7)12-14-30(27)43-23(2)3)31(32(38)40)37-33(41)36-29-20-24(22-39-18-10-16-35-39)11-13-28(29)34(4,5)6/h10-16,18-21,23H,8-9,17,22H2,1-7H3,(H2,36,37,41). The number of benzene rings is 2. The van der Waals surface area contributed by atoms with Crippen LogP contribution in [0, 0.1) is 0 Å². The highest BCUT2D eigenvalue weighted by Crippen LogP contribution is 2.37. The number of carbonyl (C=O) groups is 1. The molecule has 0 aliphatic carbocycles. The fourth-order valence-electron chi connectivity index (χ4n) is 4.92. The third-order valence-electron chi connectivity index (χ3n) is 7.04. The number of nitrogens with zero attached hydrogens (tertiary/aromatic N) is 3. The summed E-state index contributed by atoms with van der Waals surface area (Å²) in [6.07, 6.45) is 7.08. The monoisotopic (exact) mass is 585 g/mol. The number of urea groups is 1. The molecule has 0 atom stereocenters. The minimum absolute atomic E-state index is 0.0957. The van der Waals surface area contributed by atoms with Gasteiger partial charge in [-0.05, 0) is 73.2 Å². The van der Waals surface area contributed by atoms with E-state index in [0.29, 0.717) is 41.4 Å². The zero-order chi connectivity index (χ0) is 31.1. The molecule has 2 heterocycles. The first-order chi connectivity index (χ1) is 20.5. The zero-order valence-electron chi connectivity index (χ0n) is 26.2. The van der Waals surface area contributed by atoms with Gasteiger partial charge in [0, 0.05) is 41.9 Å². The van der Waals surface area contributed by atoms with Gasteiger partial charge in [0.1, 0.15) is 17.2 Å². The second-order valence-corrected chi connectivity index (χ2v) is 11.9. The first-order valence-corrected chi connectivity index (χ1v) is 14.8. The maximum atomic E-state index is 13.8. The first kappa shape index (κ1) is 31.4. The SMILES string of the molecule is CCCCn1ccc(-c2cc(OC)ccc2OC(C)C)c(NC(=O)Nc2cc(Cn3cccn3)ccc2C(C)(C)C)c1=O. The van der Waals surface area contributed by atoms with Gasteiger partial charge in [-0.1, -0.05) is 46.2 Å². The van der Waals surface area contributed by atoms with Gasteiger partial charge < -0.3 is 24.7 Å². The minimum Gasteiger partial charge on any atom is -0.497 e. The Balaban J connectivity index is 1.76. The van der Waals surface area contributed by atoms with Crippen LogP contribution in [0.3, 0.4) is 0 Å². The van der Waals surface area contributed by atoms with Gasteiger partial charge in [0.25, 0.3) is 5.56 Å². The lowest BCUT2D eigenvalue weighted by Gasteiger charge is -2.24. The van der Waals surface area contributed by atoms with Crippen molar-refractivity contribution in [3.05, 3.63) is 88.6 Å². The maximum Gasteiger partial charge on any atom is 0.323 e. The molecule has 0 aliphatic heterocycles. The van der Waals surface area contributed by atoms with Crippen molar-refractivity contribution in [2.45, 2.75) is 79.0 Å². The number of pyridine rings is 1. The number of rotatable bonds is 11. The summed E-state index contributed by atoms with van der Waals surface area (Å²) in [5, 5.41) is 10.3. The third-order valence-corrected chi connectivity index (χ3v) is 7.04. The van der Waals surface area contributed by atoms with E-state index in [2.05, 4.69) is 43.4 Å². The lowest BCUT2D eigenvalue weighted by molar-refractivity contribution is 0.243. The van der Waals surface area contributed by atoms with Crippen molar-refractivity contribution in [2.75, 3.05) is 17.7 Å².